The molecule has 2 heterocycles. The molecule has 0 amide bonds. The zero-order valence-electron chi connectivity index (χ0n) is 18.5. The predicted molar refractivity (Wildman–Crippen MR) is 122 cm³/mol. The highest BCUT2D eigenvalue weighted by atomic mass is 16.6. The van der Waals surface area contributed by atoms with Crippen LogP contribution in [-0.4, -0.2) is 25.7 Å². The van der Waals surface area contributed by atoms with Gasteiger partial charge in [0.1, 0.15) is 17.0 Å². The van der Waals surface area contributed by atoms with Crippen molar-refractivity contribution in [1.82, 2.24) is 9.13 Å². The molecular formula is C24H19N4O6+. The van der Waals surface area contributed by atoms with Crippen LogP contribution in [0.2, 0.25) is 0 Å². The first-order valence-electron chi connectivity index (χ1n) is 10.4. The number of nitrogens with zero attached hydrogens (tertiary/aromatic N) is 3. The molecule has 0 spiro atoms. The van der Waals surface area contributed by atoms with Crippen LogP contribution in [0.15, 0.2) is 63.7 Å². The molecule has 10 heteroatoms. The molecule has 2 aliphatic rings. The minimum atomic E-state index is -0.835. The molecule has 1 atom stereocenters. The van der Waals surface area contributed by atoms with Crippen LogP contribution in [0, 0.1) is 10.1 Å². The van der Waals surface area contributed by atoms with Crippen LogP contribution >= 0.6 is 0 Å². The van der Waals surface area contributed by atoms with Crippen molar-refractivity contribution in [3.63, 3.8) is 0 Å². The summed E-state index contributed by atoms with van der Waals surface area (Å²) in [5.74, 6) is -0.834. The first-order valence-corrected chi connectivity index (χ1v) is 10.4. The molecule has 0 saturated carbocycles. The van der Waals surface area contributed by atoms with Crippen molar-refractivity contribution >= 4 is 28.9 Å². The number of benzene rings is 2. The Morgan fingerprint density at radius 3 is 2.44 bits per heavy atom. The monoisotopic (exact) mass is 459 g/mol. The van der Waals surface area contributed by atoms with Crippen LogP contribution < -0.4 is 16.2 Å². The number of carbonyl (C=O) groups is 1. The number of hydrogen-bond acceptors (Lipinski definition) is 6. The van der Waals surface area contributed by atoms with Gasteiger partial charge in [-0.05, 0) is 11.6 Å². The second kappa shape index (κ2) is 7.48. The zero-order chi connectivity index (χ0) is 24.3. The third kappa shape index (κ3) is 2.95. The van der Waals surface area contributed by atoms with Crippen molar-refractivity contribution < 1.29 is 19.4 Å². The maximum absolute atomic E-state index is 13.4. The highest BCUT2D eigenvalue weighted by Gasteiger charge is 2.45. The molecule has 1 aromatic heterocycles. The van der Waals surface area contributed by atoms with E-state index < -0.39 is 28.1 Å². The van der Waals surface area contributed by atoms with Crippen molar-refractivity contribution in [2.75, 3.05) is 0 Å². The molecule has 0 fully saturated rings. The summed E-state index contributed by atoms with van der Waals surface area (Å²) in [6, 6.07) is 13.2. The number of nitro groups is 1. The predicted octanol–water partition coefficient (Wildman–Crippen LogP) is 0.627. The average Bonchev–Trinajstić information content (AvgIpc) is 3.13. The van der Waals surface area contributed by atoms with E-state index in [-0.39, 0.29) is 22.8 Å². The second-order valence-corrected chi connectivity index (χ2v) is 8.14. The molecule has 34 heavy (non-hydrogen) atoms. The van der Waals surface area contributed by atoms with E-state index in [9.17, 15) is 24.5 Å². The van der Waals surface area contributed by atoms with E-state index in [0.717, 1.165) is 10.1 Å². The number of hydrogen-bond donors (Lipinski definition) is 1. The number of rotatable bonds is 3. The van der Waals surface area contributed by atoms with Gasteiger partial charge in [-0.3, -0.25) is 19.7 Å². The summed E-state index contributed by atoms with van der Waals surface area (Å²) in [4.78, 5) is 52.4. The van der Waals surface area contributed by atoms with Gasteiger partial charge in [-0.15, -0.1) is 0 Å². The first-order chi connectivity index (χ1) is 16.2. The van der Waals surface area contributed by atoms with Crippen LogP contribution in [0.25, 0.3) is 5.76 Å². The Kier molecular flexibility index (Phi) is 4.67. The lowest BCUT2D eigenvalue weighted by atomic mass is 9.81. The minimum absolute atomic E-state index is 0.147. The van der Waals surface area contributed by atoms with Crippen LogP contribution in [0.1, 0.15) is 35.1 Å². The Morgan fingerprint density at radius 2 is 1.76 bits per heavy atom. The smallest absolute Gasteiger partial charge is 0.417 e. The van der Waals surface area contributed by atoms with Crippen molar-refractivity contribution in [1.29, 1.82) is 0 Å². The van der Waals surface area contributed by atoms with Crippen LogP contribution in [0.4, 0.5) is 11.5 Å². The van der Waals surface area contributed by atoms with Crippen molar-refractivity contribution in [3.05, 3.63) is 107 Å². The first kappa shape index (κ1) is 21.3. The van der Waals surface area contributed by atoms with Gasteiger partial charge in [-0.25, -0.2) is 14.4 Å². The van der Waals surface area contributed by atoms with Crippen molar-refractivity contribution in [3.8, 4) is 0 Å². The Bertz CT molecular complexity index is 1610. The highest BCUT2D eigenvalue weighted by molar-refractivity contribution is 6.22. The summed E-state index contributed by atoms with van der Waals surface area (Å²) in [6.07, 6.45) is 0. The van der Waals surface area contributed by atoms with E-state index in [1.165, 1.54) is 36.7 Å². The zero-order valence-corrected chi connectivity index (χ0v) is 18.5. The fourth-order valence-electron chi connectivity index (χ4n) is 4.66. The maximum Gasteiger partial charge on any atom is 0.417 e. The van der Waals surface area contributed by atoms with Gasteiger partial charge in [0.25, 0.3) is 17.1 Å². The number of nitrogens with one attached hydrogen (secondary N) is 1. The van der Waals surface area contributed by atoms with Crippen molar-refractivity contribution in [2.24, 2.45) is 14.1 Å². The number of carbonyl (C=O) groups excluding carboxylic acids is 1. The second-order valence-electron chi connectivity index (χ2n) is 8.14. The van der Waals surface area contributed by atoms with Gasteiger partial charge in [-0.2, -0.15) is 4.57 Å². The molecule has 1 aliphatic carbocycles. The van der Waals surface area contributed by atoms with E-state index in [2.05, 4.69) is 4.99 Å². The molecule has 170 valence electrons. The largest absolute Gasteiger partial charge is 0.426 e. The molecule has 0 bridgehead atoms. The Balaban J connectivity index is 1.95. The molecule has 1 aliphatic heterocycles. The fraction of sp³-hybridized carbons (Fsp3) is 0.167. The van der Waals surface area contributed by atoms with Gasteiger partial charge in [-0.1, -0.05) is 30.3 Å². The lowest BCUT2D eigenvalue weighted by molar-refractivity contribution is -0.385. The molecular weight excluding hydrogens is 440 g/mol. The number of nitro benzene ring substituents is 1. The van der Waals surface area contributed by atoms with Gasteiger partial charge >= 0.3 is 11.7 Å². The van der Waals surface area contributed by atoms with Gasteiger partial charge in [0.15, 0.2) is 0 Å². The van der Waals surface area contributed by atoms with E-state index in [1.54, 1.807) is 25.2 Å². The number of non-ortho nitro benzene ring substituents is 1. The Labute approximate surface area is 192 Å². The number of esters is 1. The number of aromatic nitrogens is 2. The summed E-state index contributed by atoms with van der Waals surface area (Å²) in [5, 5.41) is 11.5. The SMILES string of the molecule is CC(=O)OC1=C2C(=[NH+]c3c(c(=O)n(C)c(=O)n3C)C2c2cccc([N+](=O)[O-])c2)c2ccccc21. The summed E-state index contributed by atoms with van der Waals surface area (Å²) < 4.78 is 7.97. The van der Waals surface area contributed by atoms with Crippen LogP contribution in [-0.2, 0) is 23.6 Å². The normalized spacial score (nSPS) is 15.9. The van der Waals surface area contributed by atoms with Crippen molar-refractivity contribution in [2.45, 2.75) is 12.8 Å². The number of ether oxygens (including phenoxy) is 1. The maximum atomic E-state index is 13.4. The summed E-state index contributed by atoms with van der Waals surface area (Å²) in [6.45, 7) is 1.28. The minimum Gasteiger partial charge on any atom is -0.426 e. The third-order valence-corrected chi connectivity index (χ3v) is 6.14. The summed E-state index contributed by atoms with van der Waals surface area (Å²) in [5.41, 5.74) is 1.90. The molecule has 10 nitrogen and oxygen atoms in total. The summed E-state index contributed by atoms with van der Waals surface area (Å²) in [7, 11) is 2.92. The topological polar surface area (TPSA) is 127 Å². The van der Waals surface area contributed by atoms with Gasteiger partial charge in [0.05, 0.1) is 23.5 Å². The Hall–Kier alpha value is -4.60. The molecule has 1 N–H and O–H groups in total. The van der Waals surface area contributed by atoms with Gasteiger partial charge < -0.3 is 4.74 Å². The number of fused-ring (bicyclic) bond motifs is 4. The van der Waals surface area contributed by atoms with E-state index >= 15 is 0 Å². The summed E-state index contributed by atoms with van der Waals surface area (Å²) >= 11 is 0. The molecule has 2 aromatic carbocycles. The molecule has 1 unspecified atom stereocenters. The van der Waals surface area contributed by atoms with Gasteiger partial charge in [0, 0.05) is 37.2 Å². The van der Waals surface area contributed by atoms with Crippen LogP contribution in [0.3, 0.4) is 0 Å². The molecule has 0 saturated heterocycles. The van der Waals surface area contributed by atoms with E-state index in [1.807, 2.05) is 12.1 Å². The lowest BCUT2D eigenvalue weighted by Gasteiger charge is -2.24. The quantitative estimate of drug-likeness (QED) is 0.348. The number of allylic oxidation sites excluding steroid dienone is 1. The highest BCUT2D eigenvalue weighted by Crippen LogP contribution is 2.45. The third-order valence-electron chi connectivity index (χ3n) is 6.14. The Morgan fingerprint density at radius 1 is 1.06 bits per heavy atom. The van der Waals surface area contributed by atoms with E-state index in [0.29, 0.717) is 22.4 Å². The fourth-order valence-corrected chi connectivity index (χ4v) is 4.66. The lowest BCUT2D eigenvalue weighted by Crippen LogP contribution is -2.73. The average molecular weight is 459 g/mol. The molecule has 3 aromatic rings. The molecule has 5 rings (SSSR count). The van der Waals surface area contributed by atoms with Crippen LogP contribution in [0.5, 0.6) is 0 Å². The van der Waals surface area contributed by atoms with E-state index in [4.69, 9.17) is 4.74 Å². The van der Waals surface area contributed by atoms with Gasteiger partial charge in [0.2, 0.25) is 0 Å². The standard InChI is InChI=1S/C24H18N4O6/c1-12(29)34-21-16-10-5-4-9-15(16)20-18(21)17(13-7-6-8-14(11-13)28(32)33)19-22(25-20)26(2)24(31)27(3)23(19)30/h4-11,17H,1-3H3/p+1. The molecule has 0 radical (unpaired) electrons.